The lowest BCUT2D eigenvalue weighted by Crippen LogP contribution is -2.47. The molecule has 0 saturated carbocycles. The van der Waals surface area contributed by atoms with Crippen LogP contribution < -0.4 is 0 Å². The molecule has 0 aromatic rings. The van der Waals surface area contributed by atoms with E-state index in [1.807, 2.05) is 0 Å². The maximum Gasteiger partial charge on any atom is 0.160 e. The van der Waals surface area contributed by atoms with Crippen LogP contribution in [0.1, 0.15) is 33.1 Å². The van der Waals surface area contributed by atoms with Gasteiger partial charge in [0, 0.05) is 13.0 Å². The van der Waals surface area contributed by atoms with Gasteiger partial charge in [0.05, 0.1) is 12.2 Å². The van der Waals surface area contributed by atoms with Gasteiger partial charge in [-0.25, -0.2) is 0 Å². The molecule has 1 saturated heterocycles. The molecule has 84 valence electrons. The lowest BCUT2D eigenvalue weighted by atomic mass is 10.0. The number of rotatable bonds is 4. The summed E-state index contributed by atoms with van der Waals surface area (Å²) < 4.78 is 10.8. The molecule has 0 bridgehead atoms. The highest BCUT2D eigenvalue weighted by Gasteiger charge is 2.34. The van der Waals surface area contributed by atoms with Crippen LogP contribution in [-0.2, 0) is 9.47 Å². The maximum atomic E-state index is 9.47. The van der Waals surface area contributed by atoms with E-state index in [1.54, 1.807) is 6.92 Å². The summed E-state index contributed by atoms with van der Waals surface area (Å²) in [5.74, 6) is 0. The van der Waals surface area contributed by atoms with Gasteiger partial charge in [-0.05, 0) is 13.3 Å². The molecule has 1 fully saturated rings. The summed E-state index contributed by atoms with van der Waals surface area (Å²) in [6.45, 7) is 4.48. The van der Waals surface area contributed by atoms with Crippen LogP contribution in [0, 0.1) is 0 Å². The summed E-state index contributed by atoms with van der Waals surface area (Å²) >= 11 is 0. The summed E-state index contributed by atoms with van der Waals surface area (Å²) in [7, 11) is 0. The highest BCUT2D eigenvalue weighted by molar-refractivity contribution is 4.79. The predicted molar refractivity (Wildman–Crippen MR) is 51.8 cm³/mol. The average molecular weight is 204 g/mol. The fourth-order valence-corrected chi connectivity index (χ4v) is 1.49. The minimum absolute atomic E-state index is 0.356. The molecule has 0 aromatic heterocycles. The zero-order valence-electron chi connectivity index (χ0n) is 8.85. The molecule has 4 heteroatoms. The fourth-order valence-electron chi connectivity index (χ4n) is 1.49. The van der Waals surface area contributed by atoms with Crippen molar-refractivity contribution in [1.29, 1.82) is 0 Å². The first-order valence-corrected chi connectivity index (χ1v) is 5.28. The smallest absolute Gasteiger partial charge is 0.160 e. The quantitative estimate of drug-likeness (QED) is 0.660. The van der Waals surface area contributed by atoms with E-state index in [9.17, 15) is 10.2 Å². The van der Waals surface area contributed by atoms with Gasteiger partial charge in [0.25, 0.3) is 0 Å². The zero-order valence-corrected chi connectivity index (χ0v) is 8.85. The van der Waals surface area contributed by atoms with Crippen LogP contribution in [0.3, 0.4) is 0 Å². The van der Waals surface area contributed by atoms with Crippen molar-refractivity contribution < 1.29 is 19.7 Å². The van der Waals surface area contributed by atoms with Crippen molar-refractivity contribution in [2.45, 2.75) is 57.7 Å². The third-order valence-electron chi connectivity index (χ3n) is 2.48. The fraction of sp³-hybridized carbons (Fsp3) is 1.00. The number of aliphatic hydroxyl groups is 2. The third-order valence-corrected chi connectivity index (χ3v) is 2.48. The summed E-state index contributed by atoms with van der Waals surface area (Å²) in [6, 6.07) is 0. The van der Waals surface area contributed by atoms with Crippen LogP contribution >= 0.6 is 0 Å². The largest absolute Gasteiger partial charge is 0.390 e. The van der Waals surface area contributed by atoms with Gasteiger partial charge in [0.15, 0.2) is 6.29 Å². The minimum atomic E-state index is -0.791. The lowest BCUT2D eigenvalue weighted by molar-refractivity contribution is -0.245. The van der Waals surface area contributed by atoms with Crippen molar-refractivity contribution in [2.24, 2.45) is 0 Å². The third kappa shape index (κ3) is 3.20. The first-order valence-electron chi connectivity index (χ1n) is 5.28. The molecule has 1 aliphatic heterocycles. The molecular weight excluding hydrogens is 184 g/mol. The standard InChI is InChI=1S/C10H20O4/c1-3-4-5-13-9-6-8(11)10(12)7(2)14-9/h7-12H,3-6H2,1-2H3/t7-,8+,9-,10-/m1/s1. The van der Waals surface area contributed by atoms with E-state index in [2.05, 4.69) is 6.92 Å². The molecule has 0 aromatic carbocycles. The summed E-state index contributed by atoms with van der Waals surface area (Å²) in [6.07, 6.45) is 0.182. The molecule has 1 rings (SSSR count). The Labute approximate surface area is 84.8 Å². The monoisotopic (exact) mass is 204 g/mol. The Bertz CT molecular complexity index is 150. The maximum absolute atomic E-state index is 9.47. The molecule has 0 unspecified atom stereocenters. The highest BCUT2D eigenvalue weighted by atomic mass is 16.7. The van der Waals surface area contributed by atoms with E-state index in [0.717, 1.165) is 12.8 Å². The number of unbranched alkanes of at least 4 members (excludes halogenated alkanes) is 1. The van der Waals surface area contributed by atoms with Crippen molar-refractivity contribution in [3.05, 3.63) is 0 Å². The molecular formula is C10H20O4. The highest BCUT2D eigenvalue weighted by Crippen LogP contribution is 2.20. The van der Waals surface area contributed by atoms with Crippen molar-refractivity contribution in [3.8, 4) is 0 Å². The topological polar surface area (TPSA) is 58.9 Å². The van der Waals surface area contributed by atoms with Gasteiger partial charge >= 0.3 is 0 Å². The van der Waals surface area contributed by atoms with Gasteiger partial charge < -0.3 is 19.7 Å². The van der Waals surface area contributed by atoms with Crippen molar-refractivity contribution in [1.82, 2.24) is 0 Å². The normalized spacial score (nSPS) is 38.6. The van der Waals surface area contributed by atoms with Crippen molar-refractivity contribution in [3.63, 3.8) is 0 Å². The Balaban J connectivity index is 2.27. The van der Waals surface area contributed by atoms with Crippen LogP contribution in [-0.4, -0.2) is 41.4 Å². The Morgan fingerprint density at radius 1 is 1.43 bits per heavy atom. The van der Waals surface area contributed by atoms with Gasteiger partial charge in [0.2, 0.25) is 0 Å². The second-order valence-corrected chi connectivity index (χ2v) is 3.79. The SMILES string of the molecule is CCCCO[C@H]1C[C@H](O)[C@H](O)[C@@H](C)O1. The molecule has 0 amide bonds. The molecule has 0 aliphatic carbocycles. The minimum Gasteiger partial charge on any atom is -0.390 e. The van der Waals surface area contributed by atoms with E-state index < -0.39 is 12.2 Å². The zero-order chi connectivity index (χ0) is 10.6. The summed E-state index contributed by atoms with van der Waals surface area (Å²) in [5.41, 5.74) is 0. The predicted octanol–water partition coefficient (Wildman–Crippen LogP) is 0.660. The van der Waals surface area contributed by atoms with E-state index in [1.165, 1.54) is 0 Å². The van der Waals surface area contributed by atoms with Crippen LogP contribution in [0.4, 0.5) is 0 Å². The van der Waals surface area contributed by atoms with Crippen LogP contribution in [0.25, 0.3) is 0 Å². The molecule has 4 atom stereocenters. The van der Waals surface area contributed by atoms with Gasteiger partial charge in [-0.2, -0.15) is 0 Å². The Morgan fingerprint density at radius 3 is 2.71 bits per heavy atom. The van der Waals surface area contributed by atoms with Gasteiger partial charge in [-0.15, -0.1) is 0 Å². The molecule has 1 heterocycles. The first-order chi connectivity index (χ1) is 6.65. The number of hydrogen-bond acceptors (Lipinski definition) is 4. The Morgan fingerprint density at radius 2 is 2.14 bits per heavy atom. The van der Waals surface area contributed by atoms with E-state index in [0.29, 0.717) is 13.0 Å². The Hall–Kier alpha value is -0.160. The average Bonchev–Trinajstić information content (AvgIpc) is 2.14. The van der Waals surface area contributed by atoms with E-state index in [4.69, 9.17) is 9.47 Å². The molecule has 0 spiro atoms. The molecule has 14 heavy (non-hydrogen) atoms. The first kappa shape index (κ1) is 11.9. The molecule has 0 radical (unpaired) electrons. The Kier molecular flexibility index (Phi) is 4.81. The van der Waals surface area contributed by atoms with Crippen LogP contribution in [0.5, 0.6) is 0 Å². The molecule has 4 nitrogen and oxygen atoms in total. The number of aliphatic hydroxyl groups excluding tert-OH is 2. The van der Waals surface area contributed by atoms with Gasteiger partial charge in [-0.1, -0.05) is 13.3 Å². The summed E-state index contributed by atoms with van der Waals surface area (Å²) in [4.78, 5) is 0. The van der Waals surface area contributed by atoms with Crippen LogP contribution in [0.2, 0.25) is 0 Å². The van der Waals surface area contributed by atoms with E-state index in [-0.39, 0.29) is 12.4 Å². The summed E-state index contributed by atoms with van der Waals surface area (Å²) in [5, 5.41) is 18.9. The number of hydrogen-bond donors (Lipinski definition) is 2. The van der Waals surface area contributed by atoms with Gasteiger partial charge in [-0.3, -0.25) is 0 Å². The number of ether oxygens (including phenoxy) is 2. The lowest BCUT2D eigenvalue weighted by Gasteiger charge is -2.35. The second kappa shape index (κ2) is 5.66. The molecule has 2 N–H and O–H groups in total. The van der Waals surface area contributed by atoms with Crippen LogP contribution in [0.15, 0.2) is 0 Å². The van der Waals surface area contributed by atoms with E-state index >= 15 is 0 Å². The van der Waals surface area contributed by atoms with Crippen molar-refractivity contribution in [2.75, 3.05) is 6.61 Å². The van der Waals surface area contributed by atoms with Crippen molar-refractivity contribution >= 4 is 0 Å². The molecule has 1 aliphatic rings. The second-order valence-electron chi connectivity index (χ2n) is 3.79. The van der Waals surface area contributed by atoms with Gasteiger partial charge in [0.1, 0.15) is 6.10 Å².